The normalized spacial score (nSPS) is 19.4. The maximum absolute atomic E-state index is 9.33. The van der Waals surface area contributed by atoms with Gasteiger partial charge in [0.15, 0.2) is 0 Å². The number of rotatable bonds is 5. The third-order valence-corrected chi connectivity index (χ3v) is 4.36. The fraction of sp³-hybridized carbons (Fsp3) is 0.647. The Morgan fingerprint density at radius 2 is 1.80 bits per heavy atom. The van der Waals surface area contributed by atoms with Gasteiger partial charge in [-0.15, -0.1) is 0 Å². The molecule has 0 aliphatic carbocycles. The van der Waals surface area contributed by atoms with Gasteiger partial charge in [0.1, 0.15) is 5.75 Å². The number of phenols is 1. The molecule has 1 aliphatic rings. The van der Waals surface area contributed by atoms with Crippen molar-refractivity contribution < 1.29 is 5.11 Å². The van der Waals surface area contributed by atoms with E-state index in [0.717, 1.165) is 12.3 Å². The first-order chi connectivity index (χ1) is 9.54. The van der Waals surface area contributed by atoms with Crippen molar-refractivity contribution in [1.29, 1.82) is 0 Å². The highest BCUT2D eigenvalue weighted by Crippen LogP contribution is 2.21. The van der Waals surface area contributed by atoms with Crippen LogP contribution in [0.4, 0.5) is 0 Å². The van der Waals surface area contributed by atoms with Gasteiger partial charge in [-0.25, -0.2) is 0 Å². The Labute approximate surface area is 123 Å². The van der Waals surface area contributed by atoms with Gasteiger partial charge in [-0.05, 0) is 77.0 Å². The topological polar surface area (TPSA) is 26.7 Å². The molecule has 0 bridgehead atoms. The standard InChI is InChI=1S/C17H28N2O/c1-14(12-15-4-6-17(20)7-5-15)19-10-8-16(9-11-19)13-18(2)3/h4-7,14,16,20H,8-13H2,1-3H3. The lowest BCUT2D eigenvalue weighted by Gasteiger charge is -2.37. The smallest absolute Gasteiger partial charge is 0.115 e. The summed E-state index contributed by atoms with van der Waals surface area (Å²) in [6.07, 6.45) is 3.70. The van der Waals surface area contributed by atoms with Crippen molar-refractivity contribution in [3.8, 4) is 5.75 Å². The fourth-order valence-electron chi connectivity index (χ4n) is 3.19. The molecule has 112 valence electrons. The van der Waals surface area contributed by atoms with Gasteiger partial charge < -0.3 is 14.9 Å². The van der Waals surface area contributed by atoms with Crippen LogP contribution in [0.3, 0.4) is 0 Å². The number of benzene rings is 1. The quantitative estimate of drug-likeness (QED) is 0.895. The third-order valence-electron chi connectivity index (χ3n) is 4.36. The van der Waals surface area contributed by atoms with E-state index in [1.165, 1.54) is 38.0 Å². The number of piperidine rings is 1. The van der Waals surface area contributed by atoms with E-state index in [9.17, 15) is 5.11 Å². The second-order valence-electron chi connectivity index (χ2n) is 6.46. The van der Waals surface area contributed by atoms with Crippen molar-refractivity contribution in [2.45, 2.75) is 32.2 Å². The van der Waals surface area contributed by atoms with Crippen LogP contribution in [0.5, 0.6) is 5.75 Å². The van der Waals surface area contributed by atoms with Gasteiger partial charge in [0.2, 0.25) is 0 Å². The van der Waals surface area contributed by atoms with Crippen LogP contribution in [0, 0.1) is 5.92 Å². The number of likely N-dealkylation sites (tertiary alicyclic amines) is 1. The summed E-state index contributed by atoms with van der Waals surface area (Å²) in [6.45, 7) is 5.98. The molecular formula is C17H28N2O. The van der Waals surface area contributed by atoms with Gasteiger partial charge >= 0.3 is 0 Å². The molecule has 3 heteroatoms. The van der Waals surface area contributed by atoms with Crippen molar-refractivity contribution in [3.05, 3.63) is 29.8 Å². The molecule has 1 aromatic rings. The largest absolute Gasteiger partial charge is 0.508 e. The van der Waals surface area contributed by atoms with Gasteiger partial charge in [-0.3, -0.25) is 0 Å². The average Bonchev–Trinajstić information content (AvgIpc) is 2.41. The van der Waals surface area contributed by atoms with Crippen LogP contribution in [-0.4, -0.2) is 54.7 Å². The molecule has 0 amide bonds. The highest BCUT2D eigenvalue weighted by Gasteiger charge is 2.22. The van der Waals surface area contributed by atoms with Crippen LogP contribution >= 0.6 is 0 Å². The predicted octanol–water partition coefficient (Wildman–Crippen LogP) is 2.60. The van der Waals surface area contributed by atoms with E-state index in [4.69, 9.17) is 0 Å². The fourth-order valence-corrected chi connectivity index (χ4v) is 3.19. The SMILES string of the molecule is CC(Cc1ccc(O)cc1)N1CCC(CN(C)C)CC1. The lowest BCUT2D eigenvalue weighted by atomic mass is 9.94. The number of nitrogens with zero attached hydrogens (tertiary/aromatic N) is 2. The van der Waals surface area contributed by atoms with Gasteiger partial charge in [-0.1, -0.05) is 12.1 Å². The minimum Gasteiger partial charge on any atom is -0.508 e. The van der Waals surface area contributed by atoms with Crippen LogP contribution in [0.1, 0.15) is 25.3 Å². The molecule has 1 heterocycles. The molecule has 1 aromatic carbocycles. The number of hydrogen-bond donors (Lipinski definition) is 1. The average molecular weight is 276 g/mol. The van der Waals surface area contributed by atoms with E-state index < -0.39 is 0 Å². The summed E-state index contributed by atoms with van der Waals surface area (Å²) in [7, 11) is 4.33. The molecular weight excluding hydrogens is 248 g/mol. The summed E-state index contributed by atoms with van der Waals surface area (Å²) in [5.41, 5.74) is 1.31. The predicted molar refractivity (Wildman–Crippen MR) is 84.1 cm³/mol. The molecule has 0 aromatic heterocycles. The van der Waals surface area contributed by atoms with Crippen LogP contribution in [0.25, 0.3) is 0 Å². The second kappa shape index (κ2) is 7.09. The highest BCUT2D eigenvalue weighted by molar-refractivity contribution is 5.26. The third kappa shape index (κ3) is 4.50. The lowest BCUT2D eigenvalue weighted by Crippen LogP contribution is -2.42. The van der Waals surface area contributed by atoms with Crippen LogP contribution in [-0.2, 0) is 6.42 Å². The molecule has 1 fully saturated rings. The molecule has 3 nitrogen and oxygen atoms in total. The monoisotopic (exact) mass is 276 g/mol. The molecule has 0 spiro atoms. The number of hydrogen-bond acceptors (Lipinski definition) is 3. The van der Waals surface area contributed by atoms with Gasteiger partial charge in [-0.2, -0.15) is 0 Å². The zero-order valence-corrected chi connectivity index (χ0v) is 13.0. The first-order valence-electron chi connectivity index (χ1n) is 7.71. The Hall–Kier alpha value is -1.06. The molecule has 1 atom stereocenters. The molecule has 1 N–H and O–H groups in total. The van der Waals surface area contributed by atoms with Crippen molar-refractivity contribution in [3.63, 3.8) is 0 Å². The molecule has 0 saturated carbocycles. The molecule has 1 unspecified atom stereocenters. The van der Waals surface area contributed by atoms with Crippen LogP contribution in [0.2, 0.25) is 0 Å². The zero-order valence-electron chi connectivity index (χ0n) is 13.0. The van der Waals surface area contributed by atoms with Crippen molar-refractivity contribution >= 4 is 0 Å². The Morgan fingerprint density at radius 3 is 2.35 bits per heavy atom. The number of aromatic hydroxyl groups is 1. The van der Waals surface area contributed by atoms with E-state index in [0.29, 0.717) is 11.8 Å². The molecule has 2 rings (SSSR count). The van der Waals surface area contributed by atoms with E-state index in [2.05, 4.69) is 30.8 Å². The Bertz CT molecular complexity index is 394. The van der Waals surface area contributed by atoms with E-state index in [1.54, 1.807) is 12.1 Å². The number of phenolic OH excluding ortho intramolecular Hbond substituents is 1. The van der Waals surface area contributed by atoms with E-state index in [-0.39, 0.29) is 0 Å². The van der Waals surface area contributed by atoms with Crippen molar-refractivity contribution in [2.24, 2.45) is 5.92 Å². The first-order valence-corrected chi connectivity index (χ1v) is 7.71. The summed E-state index contributed by atoms with van der Waals surface area (Å²) < 4.78 is 0. The Kier molecular flexibility index (Phi) is 5.44. The summed E-state index contributed by atoms with van der Waals surface area (Å²) in [4.78, 5) is 4.92. The molecule has 0 radical (unpaired) electrons. The summed E-state index contributed by atoms with van der Waals surface area (Å²) >= 11 is 0. The van der Waals surface area contributed by atoms with Crippen molar-refractivity contribution in [1.82, 2.24) is 9.80 Å². The van der Waals surface area contributed by atoms with Crippen LogP contribution in [0.15, 0.2) is 24.3 Å². The second-order valence-corrected chi connectivity index (χ2v) is 6.46. The zero-order chi connectivity index (χ0) is 14.5. The summed E-state index contributed by atoms with van der Waals surface area (Å²) in [5, 5.41) is 9.33. The molecule has 20 heavy (non-hydrogen) atoms. The summed E-state index contributed by atoms with van der Waals surface area (Å²) in [6, 6.07) is 8.21. The molecule has 1 saturated heterocycles. The minimum atomic E-state index is 0.353. The van der Waals surface area contributed by atoms with Gasteiger partial charge in [0.25, 0.3) is 0 Å². The maximum atomic E-state index is 9.33. The minimum absolute atomic E-state index is 0.353. The van der Waals surface area contributed by atoms with E-state index >= 15 is 0 Å². The van der Waals surface area contributed by atoms with E-state index in [1.807, 2.05) is 12.1 Å². The summed E-state index contributed by atoms with van der Waals surface area (Å²) in [5.74, 6) is 1.22. The molecule has 1 aliphatic heterocycles. The first kappa shape index (κ1) is 15.3. The Balaban J connectivity index is 1.79. The Morgan fingerprint density at radius 1 is 1.20 bits per heavy atom. The maximum Gasteiger partial charge on any atom is 0.115 e. The lowest BCUT2D eigenvalue weighted by molar-refractivity contribution is 0.127. The highest BCUT2D eigenvalue weighted by atomic mass is 16.3. The van der Waals surface area contributed by atoms with Crippen molar-refractivity contribution in [2.75, 3.05) is 33.7 Å². The van der Waals surface area contributed by atoms with Crippen LogP contribution < -0.4 is 0 Å². The van der Waals surface area contributed by atoms with Gasteiger partial charge in [0.05, 0.1) is 0 Å². The van der Waals surface area contributed by atoms with Gasteiger partial charge in [0, 0.05) is 12.6 Å².